The lowest BCUT2D eigenvalue weighted by molar-refractivity contribution is -0.117. The second kappa shape index (κ2) is 5.96. The highest BCUT2D eigenvalue weighted by Gasteiger charge is 2.05. The van der Waals surface area contributed by atoms with E-state index in [9.17, 15) is 4.79 Å². The van der Waals surface area contributed by atoms with Gasteiger partial charge in [0, 0.05) is 17.3 Å². The topological polar surface area (TPSA) is 17.1 Å². The minimum atomic E-state index is 0.249. The SMILES string of the molecule is Cc1cccc(CC(=O)Cc2cccc(Br)c2)c1. The van der Waals surface area contributed by atoms with Crippen molar-refractivity contribution in [2.45, 2.75) is 19.8 Å². The molecule has 0 aromatic heterocycles. The number of hydrogen-bond donors (Lipinski definition) is 0. The lowest BCUT2D eigenvalue weighted by Crippen LogP contribution is -2.06. The third-order valence-corrected chi connectivity index (χ3v) is 3.27. The molecule has 92 valence electrons. The number of rotatable bonds is 4. The van der Waals surface area contributed by atoms with Crippen LogP contribution >= 0.6 is 15.9 Å². The summed E-state index contributed by atoms with van der Waals surface area (Å²) in [5.74, 6) is 0.249. The van der Waals surface area contributed by atoms with Crippen molar-refractivity contribution in [1.82, 2.24) is 0 Å². The molecule has 0 spiro atoms. The highest BCUT2D eigenvalue weighted by Crippen LogP contribution is 2.13. The molecule has 2 aromatic carbocycles. The molecular weight excluding hydrogens is 288 g/mol. The van der Waals surface area contributed by atoms with E-state index in [4.69, 9.17) is 0 Å². The Morgan fingerprint density at radius 3 is 2.22 bits per heavy atom. The lowest BCUT2D eigenvalue weighted by atomic mass is 10.0. The zero-order valence-electron chi connectivity index (χ0n) is 10.3. The van der Waals surface area contributed by atoms with E-state index in [0.29, 0.717) is 12.8 Å². The fourth-order valence-electron chi connectivity index (χ4n) is 1.99. The van der Waals surface area contributed by atoms with Gasteiger partial charge in [0.05, 0.1) is 0 Å². The van der Waals surface area contributed by atoms with Gasteiger partial charge in [-0.2, -0.15) is 0 Å². The van der Waals surface area contributed by atoms with Gasteiger partial charge in [-0.1, -0.05) is 57.9 Å². The molecule has 0 aliphatic carbocycles. The molecule has 0 atom stereocenters. The summed E-state index contributed by atoms with van der Waals surface area (Å²) in [4.78, 5) is 12.0. The van der Waals surface area contributed by atoms with Crippen LogP contribution in [0.3, 0.4) is 0 Å². The van der Waals surface area contributed by atoms with E-state index in [-0.39, 0.29) is 5.78 Å². The van der Waals surface area contributed by atoms with Gasteiger partial charge in [0.1, 0.15) is 5.78 Å². The quantitative estimate of drug-likeness (QED) is 0.830. The van der Waals surface area contributed by atoms with E-state index in [1.54, 1.807) is 0 Å². The monoisotopic (exact) mass is 302 g/mol. The zero-order chi connectivity index (χ0) is 13.0. The minimum Gasteiger partial charge on any atom is -0.299 e. The number of aryl methyl sites for hydroxylation is 1. The Balaban J connectivity index is 2.01. The molecule has 0 radical (unpaired) electrons. The van der Waals surface area contributed by atoms with Crippen molar-refractivity contribution in [3.8, 4) is 0 Å². The van der Waals surface area contributed by atoms with E-state index in [2.05, 4.69) is 22.0 Å². The van der Waals surface area contributed by atoms with E-state index in [0.717, 1.165) is 15.6 Å². The predicted octanol–water partition coefficient (Wildman–Crippen LogP) is 4.11. The third-order valence-electron chi connectivity index (χ3n) is 2.77. The average Bonchev–Trinajstić information content (AvgIpc) is 2.28. The zero-order valence-corrected chi connectivity index (χ0v) is 11.9. The van der Waals surface area contributed by atoms with Crippen molar-refractivity contribution < 1.29 is 4.79 Å². The number of carbonyl (C=O) groups excluding carboxylic acids is 1. The fourth-order valence-corrected chi connectivity index (χ4v) is 2.43. The van der Waals surface area contributed by atoms with Crippen LogP contribution in [-0.4, -0.2) is 5.78 Å². The second-order valence-electron chi connectivity index (χ2n) is 4.51. The van der Waals surface area contributed by atoms with E-state index >= 15 is 0 Å². The summed E-state index contributed by atoms with van der Waals surface area (Å²) in [5.41, 5.74) is 3.35. The van der Waals surface area contributed by atoms with Crippen molar-refractivity contribution in [3.63, 3.8) is 0 Å². The van der Waals surface area contributed by atoms with Gasteiger partial charge in [-0.25, -0.2) is 0 Å². The highest BCUT2D eigenvalue weighted by atomic mass is 79.9. The third kappa shape index (κ3) is 3.81. The smallest absolute Gasteiger partial charge is 0.141 e. The Bertz CT molecular complexity index is 511. The number of benzene rings is 2. The van der Waals surface area contributed by atoms with Gasteiger partial charge in [0.25, 0.3) is 0 Å². The minimum absolute atomic E-state index is 0.249. The maximum Gasteiger partial charge on any atom is 0.141 e. The van der Waals surface area contributed by atoms with Crippen LogP contribution in [0, 0.1) is 6.92 Å². The van der Waals surface area contributed by atoms with Crippen molar-refractivity contribution in [3.05, 3.63) is 69.7 Å². The van der Waals surface area contributed by atoms with Crippen molar-refractivity contribution in [2.24, 2.45) is 0 Å². The lowest BCUT2D eigenvalue weighted by Gasteiger charge is -2.03. The number of hydrogen-bond acceptors (Lipinski definition) is 1. The number of halogens is 1. The Morgan fingerprint density at radius 1 is 1.00 bits per heavy atom. The first-order valence-electron chi connectivity index (χ1n) is 5.95. The molecule has 0 saturated heterocycles. The largest absolute Gasteiger partial charge is 0.299 e. The van der Waals surface area contributed by atoms with Crippen LogP contribution in [0.2, 0.25) is 0 Å². The first kappa shape index (κ1) is 13.0. The molecule has 0 amide bonds. The molecule has 0 fully saturated rings. The van der Waals surface area contributed by atoms with Crippen LogP contribution in [0.4, 0.5) is 0 Å². The molecule has 0 saturated carbocycles. The molecule has 1 nitrogen and oxygen atoms in total. The summed E-state index contributed by atoms with van der Waals surface area (Å²) in [5, 5.41) is 0. The molecule has 2 rings (SSSR count). The molecule has 18 heavy (non-hydrogen) atoms. The van der Waals surface area contributed by atoms with Crippen LogP contribution in [0.5, 0.6) is 0 Å². The molecule has 0 aliphatic rings. The summed E-state index contributed by atoms with van der Waals surface area (Å²) in [6, 6.07) is 16.0. The molecule has 0 unspecified atom stereocenters. The molecule has 2 heteroatoms. The van der Waals surface area contributed by atoms with Gasteiger partial charge < -0.3 is 0 Å². The summed E-state index contributed by atoms with van der Waals surface area (Å²) in [6.45, 7) is 2.04. The van der Waals surface area contributed by atoms with Gasteiger partial charge in [-0.3, -0.25) is 4.79 Å². The summed E-state index contributed by atoms with van der Waals surface area (Å²) in [6.07, 6.45) is 1.00. The van der Waals surface area contributed by atoms with Crippen LogP contribution in [-0.2, 0) is 17.6 Å². The van der Waals surface area contributed by atoms with Crippen molar-refractivity contribution >= 4 is 21.7 Å². The summed E-state index contributed by atoms with van der Waals surface area (Å²) < 4.78 is 1.02. The summed E-state index contributed by atoms with van der Waals surface area (Å²) >= 11 is 3.42. The fraction of sp³-hybridized carbons (Fsp3) is 0.188. The maximum absolute atomic E-state index is 12.0. The standard InChI is InChI=1S/C16H15BrO/c1-12-4-2-5-13(8-12)10-16(18)11-14-6-3-7-15(17)9-14/h2-9H,10-11H2,1H3. The number of carbonyl (C=O) groups is 1. The number of Topliss-reactive ketones (excluding diaryl/α,β-unsaturated/α-hetero) is 1. The molecule has 0 bridgehead atoms. The van der Waals surface area contributed by atoms with Crippen LogP contribution in [0.25, 0.3) is 0 Å². The van der Waals surface area contributed by atoms with Gasteiger partial charge in [0.2, 0.25) is 0 Å². The molecule has 0 N–H and O–H groups in total. The Morgan fingerprint density at radius 2 is 1.61 bits per heavy atom. The van der Waals surface area contributed by atoms with E-state index in [1.165, 1.54) is 5.56 Å². The van der Waals surface area contributed by atoms with E-state index in [1.807, 2.05) is 49.4 Å². The first-order valence-corrected chi connectivity index (χ1v) is 6.74. The molecule has 0 heterocycles. The Labute approximate surface area is 116 Å². The maximum atomic E-state index is 12.0. The first-order chi connectivity index (χ1) is 8.63. The highest BCUT2D eigenvalue weighted by molar-refractivity contribution is 9.10. The molecule has 2 aromatic rings. The Hall–Kier alpha value is -1.41. The van der Waals surface area contributed by atoms with Gasteiger partial charge in [0.15, 0.2) is 0 Å². The van der Waals surface area contributed by atoms with Crippen LogP contribution in [0.1, 0.15) is 16.7 Å². The molecular formula is C16H15BrO. The van der Waals surface area contributed by atoms with E-state index < -0.39 is 0 Å². The van der Waals surface area contributed by atoms with Gasteiger partial charge >= 0.3 is 0 Å². The van der Waals surface area contributed by atoms with Gasteiger partial charge in [-0.15, -0.1) is 0 Å². The van der Waals surface area contributed by atoms with Crippen LogP contribution < -0.4 is 0 Å². The molecule has 0 aliphatic heterocycles. The van der Waals surface area contributed by atoms with Crippen molar-refractivity contribution in [1.29, 1.82) is 0 Å². The Kier molecular flexibility index (Phi) is 4.32. The number of ketones is 1. The van der Waals surface area contributed by atoms with Crippen molar-refractivity contribution in [2.75, 3.05) is 0 Å². The normalized spacial score (nSPS) is 10.3. The summed E-state index contributed by atoms with van der Waals surface area (Å²) in [7, 11) is 0. The predicted molar refractivity (Wildman–Crippen MR) is 77.7 cm³/mol. The average molecular weight is 303 g/mol. The van der Waals surface area contributed by atoms with Crippen LogP contribution in [0.15, 0.2) is 53.0 Å². The second-order valence-corrected chi connectivity index (χ2v) is 5.43. The van der Waals surface area contributed by atoms with Gasteiger partial charge in [-0.05, 0) is 30.2 Å².